The standard InChI is InChI=1S/C28H20ClNO2/c29-21-13-7-8-14-22(21)30-27(31)25-19-15-16-20(26(25)28(30)32)24(19)23(17-9-3-1-4-10-17)18-11-5-2-6-12-18/h1-16,19-20,25-26H/t19-,20+,25-,26-/m1/s1. The number of nitrogens with zero attached hydrogens (tertiary/aromatic N) is 1. The molecule has 3 aromatic carbocycles. The molecule has 1 saturated heterocycles. The minimum Gasteiger partial charge on any atom is -0.274 e. The van der Waals surface area contributed by atoms with Gasteiger partial charge in [-0.1, -0.05) is 96.5 Å². The van der Waals surface area contributed by atoms with Crippen LogP contribution in [0.15, 0.2) is 103 Å². The number of anilines is 1. The van der Waals surface area contributed by atoms with Gasteiger partial charge in [-0.3, -0.25) is 9.59 Å². The molecule has 1 saturated carbocycles. The van der Waals surface area contributed by atoms with Crippen LogP contribution in [0.3, 0.4) is 0 Å². The molecule has 1 heterocycles. The van der Waals surface area contributed by atoms with Crippen LogP contribution < -0.4 is 4.90 Å². The summed E-state index contributed by atoms with van der Waals surface area (Å²) >= 11 is 6.35. The summed E-state index contributed by atoms with van der Waals surface area (Å²) in [5, 5.41) is 0.416. The van der Waals surface area contributed by atoms with Gasteiger partial charge >= 0.3 is 0 Å². The van der Waals surface area contributed by atoms with Gasteiger partial charge in [0.1, 0.15) is 0 Å². The van der Waals surface area contributed by atoms with E-state index >= 15 is 0 Å². The summed E-state index contributed by atoms with van der Waals surface area (Å²) in [5.41, 5.74) is 5.00. The average Bonchev–Trinajstić information content (AvgIpc) is 3.46. The van der Waals surface area contributed by atoms with Gasteiger partial charge in [-0.05, 0) is 34.4 Å². The van der Waals surface area contributed by atoms with Crippen molar-refractivity contribution >= 4 is 34.7 Å². The van der Waals surface area contributed by atoms with Crippen molar-refractivity contribution in [3.63, 3.8) is 0 Å². The maximum atomic E-state index is 13.6. The minimum absolute atomic E-state index is 0.0932. The molecule has 0 spiro atoms. The van der Waals surface area contributed by atoms with E-state index in [-0.39, 0.29) is 35.5 Å². The number of imide groups is 1. The van der Waals surface area contributed by atoms with E-state index in [0.29, 0.717) is 10.7 Å². The number of carbonyl (C=O) groups is 2. The molecule has 2 bridgehead atoms. The summed E-state index contributed by atoms with van der Waals surface area (Å²) in [6, 6.07) is 27.6. The first-order chi connectivity index (χ1) is 15.7. The Labute approximate surface area is 191 Å². The second-order valence-corrected chi connectivity index (χ2v) is 8.92. The van der Waals surface area contributed by atoms with Crippen molar-refractivity contribution in [2.24, 2.45) is 23.7 Å². The number of allylic oxidation sites excluding steroid dienone is 3. The number of halogens is 1. The first kappa shape index (κ1) is 19.3. The Morgan fingerprint density at radius 3 is 1.62 bits per heavy atom. The van der Waals surface area contributed by atoms with Crippen LogP contribution in [-0.2, 0) is 9.59 Å². The summed E-state index contributed by atoms with van der Waals surface area (Å²) in [5.74, 6) is -1.25. The molecule has 0 N–H and O–H groups in total. The Kier molecular flexibility index (Phi) is 4.41. The molecule has 2 fully saturated rings. The predicted octanol–water partition coefficient (Wildman–Crippen LogP) is 5.76. The van der Waals surface area contributed by atoms with E-state index in [2.05, 4.69) is 36.4 Å². The molecule has 4 heteroatoms. The number of carbonyl (C=O) groups excluding carboxylic acids is 2. The smallest absolute Gasteiger partial charge is 0.238 e. The highest BCUT2D eigenvalue weighted by molar-refractivity contribution is 6.36. The molecule has 6 rings (SSSR count). The molecular weight excluding hydrogens is 418 g/mol. The van der Waals surface area contributed by atoms with E-state index in [9.17, 15) is 9.59 Å². The number of rotatable bonds is 3. The lowest BCUT2D eigenvalue weighted by Crippen LogP contribution is -2.33. The zero-order chi connectivity index (χ0) is 21.8. The van der Waals surface area contributed by atoms with Crippen molar-refractivity contribution in [1.29, 1.82) is 0 Å². The van der Waals surface area contributed by atoms with E-state index in [0.717, 1.165) is 16.7 Å². The van der Waals surface area contributed by atoms with Gasteiger partial charge in [0.15, 0.2) is 0 Å². The van der Waals surface area contributed by atoms with E-state index < -0.39 is 0 Å². The maximum Gasteiger partial charge on any atom is 0.238 e. The van der Waals surface area contributed by atoms with Gasteiger partial charge in [0.2, 0.25) is 11.8 Å². The molecule has 3 aromatic rings. The van der Waals surface area contributed by atoms with Crippen molar-refractivity contribution in [2.45, 2.75) is 0 Å². The van der Waals surface area contributed by atoms with Gasteiger partial charge in [-0.15, -0.1) is 0 Å². The Bertz CT molecular complexity index is 1220. The zero-order valence-electron chi connectivity index (χ0n) is 17.2. The summed E-state index contributed by atoms with van der Waals surface area (Å²) in [6.45, 7) is 0. The largest absolute Gasteiger partial charge is 0.274 e. The third kappa shape index (κ3) is 2.68. The van der Waals surface area contributed by atoms with Crippen LogP contribution in [0.5, 0.6) is 0 Å². The molecule has 1 aliphatic heterocycles. The monoisotopic (exact) mass is 437 g/mol. The summed E-state index contributed by atoms with van der Waals surface area (Å²) in [6.07, 6.45) is 4.24. The van der Waals surface area contributed by atoms with Crippen LogP contribution in [0.1, 0.15) is 11.1 Å². The number of hydrogen-bond donors (Lipinski definition) is 0. The molecule has 4 atom stereocenters. The van der Waals surface area contributed by atoms with Crippen molar-refractivity contribution < 1.29 is 9.59 Å². The van der Waals surface area contributed by atoms with Crippen LogP contribution in [0.2, 0.25) is 5.02 Å². The van der Waals surface area contributed by atoms with Crippen LogP contribution in [0, 0.1) is 23.7 Å². The highest BCUT2D eigenvalue weighted by Gasteiger charge is 2.62. The average molecular weight is 438 g/mol. The van der Waals surface area contributed by atoms with E-state index in [1.807, 2.05) is 36.4 Å². The number of fused-ring (bicyclic) bond motifs is 5. The highest BCUT2D eigenvalue weighted by Crippen LogP contribution is 2.59. The van der Waals surface area contributed by atoms with Gasteiger partial charge in [0, 0.05) is 11.8 Å². The Morgan fingerprint density at radius 2 is 1.12 bits per heavy atom. The van der Waals surface area contributed by atoms with Crippen molar-refractivity contribution in [1.82, 2.24) is 0 Å². The highest BCUT2D eigenvalue weighted by atomic mass is 35.5. The van der Waals surface area contributed by atoms with E-state index in [1.54, 1.807) is 24.3 Å². The van der Waals surface area contributed by atoms with Crippen LogP contribution in [-0.4, -0.2) is 11.8 Å². The molecule has 0 unspecified atom stereocenters. The summed E-state index contributed by atoms with van der Waals surface area (Å²) in [4.78, 5) is 28.5. The molecule has 156 valence electrons. The van der Waals surface area contributed by atoms with E-state index in [1.165, 1.54) is 10.5 Å². The lowest BCUT2D eigenvalue weighted by Gasteiger charge is -2.22. The van der Waals surface area contributed by atoms with Gasteiger partial charge in [0.25, 0.3) is 0 Å². The van der Waals surface area contributed by atoms with Crippen LogP contribution in [0.4, 0.5) is 5.69 Å². The lowest BCUT2D eigenvalue weighted by atomic mass is 9.85. The SMILES string of the molecule is O=C1[C@H]2[C@H](C(=O)N1c1ccccc1Cl)[C@H]1C=C[C@@H]2C1=C(c1ccccc1)c1ccccc1. The van der Waals surface area contributed by atoms with Crippen molar-refractivity contribution in [2.75, 3.05) is 4.90 Å². The maximum absolute atomic E-state index is 13.6. The molecule has 3 nitrogen and oxygen atoms in total. The minimum atomic E-state index is -0.383. The molecule has 2 aliphatic carbocycles. The molecule has 0 aromatic heterocycles. The van der Waals surface area contributed by atoms with Gasteiger partial charge in [-0.2, -0.15) is 0 Å². The van der Waals surface area contributed by atoms with Gasteiger partial charge < -0.3 is 0 Å². The molecular formula is C28H20ClNO2. The van der Waals surface area contributed by atoms with Gasteiger partial charge in [0.05, 0.1) is 22.5 Å². The first-order valence-electron chi connectivity index (χ1n) is 10.8. The van der Waals surface area contributed by atoms with Gasteiger partial charge in [-0.25, -0.2) is 4.90 Å². The quantitative estimate of drug-likeness (QED) is 0.385. The van der Waals surface area contributed by atoms with Crippen molar-refractivity contribution in [3.05, 3.63) is 119 Å². The van der Waals surface area contributed by atoms with Crippen LogP contribution >= 0.6 is 11.6 Å². The fraction of sp³-hybridized carbons (Fsp3) is 0.143. The predicted molar refractivity (Wildman–Crippen MR) is 126 cm³/mol. The fourth-order valence-corrected chi connectivity index (χ4v) is 5.90. The molecule has 32 heavy (non-hydrogen) atoms. The summed E-state index contributed by atoms with van der Waals surface area (Å²) in [7, 11) is 0. The number of hydrogen-bond acceptors (Lipinski definition) is 2. The Hall–Kier alpha value is -3.43. The van der Waals surface area contributed by atoms with Crippen molar-refractivity contribution in [3.8, 4) is 0 Å². The Balaban J connectivity index is 1.50. The molecule has 0 radical (unpaired) electrons. The number of para-hydroxylation sites is 1. The third-order valence-corrected chi connectivity index (χ3v) is 7.24. The Morgan fingerprint density at radius 1 is 0.656 bits per heavy atom. The second-order valence-electron chi connectivity index (χ2n) is 8.51. The zero-order valence-corrected chi connectivity index (χ0v) is 17.9. The third-order valence-electron chi connectivity index (χ3n) is 6.92. The van der Waals surface area contributed by atoms with E-state index in [4.69, 9.17) is 11.6 Å². The number of benzene rings is 3. The number of amides is 2. The normalized spacial score (nSPS) is 25.5. The molecule has 3 aliphatic rings. The van der Waals surface area contributed by atoms with Crippen LogP contribution in [0.25, 0.3) is 5.57 Å². The lowest BCUT2D eigenvalue weighted by molar-refractivity contribution is -0.122. The topological polar surface area (TPSA) is 37.4 Å². The molecule has 2 amide bonds. The first-order valence-corrected chi connectivity index (χ1v) is 11.2. The second kappa shape index (κ2) is 7.32. The summed E-state index contributed by atoms with van der Waals surface area (Å²) < 4.78 is 0. The fourth-order valence-electron chi connectivity index (χ4n) is 5.68.